The van der Waals surface area contributed by atoms with E-state index in [0.29, 0.717) is 6.42 Å². The fraction of sp³-hybridized carbons (Fsp3) is 0.478. The monoisotopic (exact) mass is 365 g/mol. The molecule has 2 heterocycles. The Kier molecular flexibility index (Phi) is 5.54. The SMILES string of the molecule is Cc1cc(N2CCCc3ncccc3C2)cc(C)c1NC(=O)CC(C)(C)C. The first kappa shape index (κ1) is 19.4. The minimum absolute atomic E-state index is 0.0146. The van der Waals surface area contributed by atoms with Gasteiger partial charge >= 0.3 is 0 Å². The van der Waals surface area contributed by atoms with E-state index in [4.69, 9.17) is 0 Å². The summed E-state index contributed by atoms with van der Waals surface area (Å²) >= 11 is 0. The van der Waals surface area contributed by atoms with Gasteiger partial charge in [0, 0.05) is 42.8 Å². The van der Waals surface area contributed by atoms with Gasteiger partial charge in [-0.15, -0.1) is 0 Å². The van der Waals surface area contributed by atoms with Crippen molar-refractivity contribution in [2.45, 2.75) is 60.4 Å². The van der Waals surface area contributed by atoms with Gasteiger partial charge in [0.25, 0.3) is 0 Å². The molecule has 2 aromatic rings. The minimum atomic E-state index is -0.0146. The number of carbonyl (C=O) groups is 1. The summed E-state index contributed by atoms with van der Waals surface area (Å²) in [5.41, 5.74) is 6.91. The van der Waals surface area contributed by atoms with Gasteiger partial charge in [-0.25, -0.2) is 0 Å². The standard InChI is InChI=1S/C23H31N3O/c1-16-12-19(13-17(2)22(16)25-21(27)14-23(3,4)5)26-11-7-9-20-18(15-26)8-6-10-24-20/h6,8,10,12-13H,7,9,11,14-15H2,1-5H3,(H,25,27). The smallest absolute Gasteiger partial charge is 0.224 e. The molecule has 1 N–H and O–H groups in total. The molecule has 0 bridgehead atoms. The molecule has 3 rings (SSSR count). The van der Waals surface area contributed by atoms with Crippen LogP contribution in [0.25, 0.3) is 0 Å². The molecule has 0 saturated heterocycles. The summed E-state index contributed by atoms with van der Waals surface area (Å²) in [6, 6.07) is 8.59. The zero-order valence-corrected chi connectivity index (χ0v) is 17.2. The summed E-state index contributed by atoms with van der Waals surface area (Å²) in [7, 11) is 0. The fourth-order valence-corrected chi connectivity index (χ4v) is 3.77. The Hall–Kier alpha value is -2.36. The van der Waals surface area contributed by atoms with Gasteiger partial charge < -0.3 is 10.2 Å². The summed E-state index contributed by atoms with van der Waals surface area (Å²) in [6.45, 7) is 12.3. The maximum atomic E-state index is 12.4. The van der Waals surface area contributed by atoms with Crippen molar-refractivity contribution in [2.75, 3.05) is 16.8 Å². The van der Waals surface area contributed by atoms with Crippen molar-refractivity contribution in [1.29, 1.82) is 0 Å². The third-order valence-corrected chi connectivity index (χ3v) is 5.03. The highest BCUT2D eigenvalue weighted by molar-refractivity contribution is 5.93. The number of hydrogen-bond donors (Lipinski definition) is 1. The molecule has 1 aliphatic rings. The Morgan fingerprint density at radius 3 is 2.59 bits per heavy atom. The number of pyridine rings is 1. The lowest BCUT2D eigenvalue weighted by Crippen LogP contribution is -2.23. The highest BCUT2D eigenvalue weighted by Crippen LogP contribution is 2.30. The second kappa shape index (κ2) is 7.71. The summed E-state index contributed by atoms with van der Waals surface area (Å²) < 4.78 is 0. The molecule has 1 aromatic carbocycles. The Balaban J connectivity index is 1.81. The molecule has 0 saturated carbocycles. The average Bonchev–Trinajstić information content (AvgIpc) is 2.78. The first-order chi connectivity index (χ1) is 12.7. The van der Waals surface area contributed by atoms with Gasteiger partial charge in [0.2, 0.25) is 5.91 Å². The van der Waals surface area contributed by atoms with Crippen molar-refractivity contribution in [3.05, 3.63) is 52.8 Å². The largest absolute Gasteiger partial charge is 0.367 e. The molecule has 1 aromatic heterocycles. The molecule has 4 nitrogen and oxygen atoms in total. The van der Waals surface area contributed by atoms with Gasteiger partial charge in [-0.3, -0.25) is 9.78 Å². The fourth-order valence-electron chi connectivity index (χ4n) is 3.77. The minimum Gasteiger partial charge on any atom is -0.367 e. The van der Waals surface area contributed by atoms with Gasteiger partial charge in [0.05, 0.1) is 0 Å². The number of rotatable bonds is 3. The number of aryl methyl sites for hydroxylation is 3. The van der Waals surface area contributed by atoms with Crippen molar-refractivity contribution in [2.24, 2.45) is 5.41 Å². The number of amides is 1. The van der Waals surface area contributed by atoms with Crippen LogP contribution in [0, 0.1) is 19.3 Å². The topological polar surface area (TPSA) is 45.2 Å². The maximum Gasteiger partial charge on any atom is 0.224 e. The van der Waals surface area contributed by atoms with Crippen molar-refractivity contribution in [3.63, 3.8) is 0 Å². The predicted octanol–water partition coefficient (Wildman–Crippen LogP) is 5.03. The summed E-state index contributed by atoms with van der Waals surface area (Å²) in [5, 5.41) is 3.13. The van der Waals surface area contributed by atoms with Crippen LogP contribution in [0.5, 0.6) is 0 Å². The summed E-state index contributed by atoms with van der Waals surface area (Å²) in [6.07, 6.45) is 4.54. The highest BCUT2D eigenvalue weighted by atomic mass is 16.1. The number of nitrogens with zero attached hydrogens (tertiary/aromatic N) is 2. The Morgan fingerprint density at radius 1 is 1.22 bits per heavy atom. The third kappa shape index (κ3) is 4.88. The first-order valence-corrected chi connectivity index (χ1v) is 9.82. The van der Waals surface area contributed by atoms with Gasteiger partial charge in [0.1, 0.15) is 0 Å². The van der Waals surface area contributed by atoms with Crippen molar-refractivity contribution in [3.8, 4) is 0 Å². The van der Waals surface area contributed by atoms with Crippen LogP contribution in [0.3, 0.4) is 0 Å². The number of nitrogens with one attached hydrogen (secondary N) is 1. The van der Waals surface area contributed by atoms with Gasteiger partial charge in [-0.1, -0.05) is 26.8 Å². The van der Waals surface area contributed by atoms with E-state index in [2.05, 4.69) is 68.0 Å². The molecule has 0 radical (unpaired) electrons. The Bertz CT molecular complexity index is 813. The van der Waals surface area contributed by atoms with Crippen LogP contribution >= 0.6 is 0 Å². The molecule has 27 heavy (non-hydrogen) atoms. The van der Waals surface area contributed by atoms with E-state index in [-0.39, 0.29) is 11.3 Å². The van der Waals surface area contributed by atoms with Crippen molar-refractivity contribution >= 4 is 17.3 Å². The molecule has 0 atom stereocenters. The Morgan fingerprint density at radius 2 is 1.93 bits per heavy atom. The van der Waals surface area contributed by atoms with Gasteiger partial charge in [0.15, 0.2) is 0 Å². The number of aromatic nitrogens is 1. The molecule has 0 fully saturated rings. The lowest BCUT2D eigenvalue weighted by Gasteiger charge is -2.25. The van der Waals surface area contributed by atoms with E-state index >= 15 is 0 Å². The zero-order valence-electron chi connectivity index (χ0n) is 17.2. The maximum absolute atomic E-state index is 12.4. The van der Waals surface area contributed by atoms with Crippen molar-refractivity contribution in [1.82, 2.24) is 4.98 Å². The van der Waals surface area contributed by atoms with E-state index in [1.165, 1.54) is 16.9 Å². The van der Waals surface area contributed by atoms with E-state index in [0.717, 1.165) is 42.7 Å². The zero-order chi connectivity index (χ0) is 19.6. The molecule has 4 heteroatoms. The third-order valence-electron chi connectivity index (χ3n) is 5.03. The molecule has 0 unspecified atom stereocenters. The predicted molar refractivity (Wildman–Crippen MR) is 112 cm³/mol. The van der Waals surface area contributed by atoms with Crippen LogP contribution in [0.1, 0.15) is 56.0 Å². The Labute approximate surface area is 163 Å². The van der Waals surface area contributed by atoms with Crippen LogP contribution < -0.4 is 10.2 Å². The van der Waals surface area contributed by atoms with Crippen LogP contribution in [0.2, 0.25) is 0 Å². The van der Waals surface area contributed by atoms with Gasteiger partial charge in [-0.05, 0) is 67.0 Å². The lowest BCUT2D eigenvalue weighted by molar-refractivity contribution is -0.117. The number of benzene rings is 1. The van der Waals surface area contributed by atoms with E-state index in [9.17, 15) is 4.79 Å². The second-order valence-electron chi connectivity index (χ2n) is 8.87. The highest BCUT2D eigenvalue weighted by Gasteiger charge is 2.19. The van der Waals surface area contributed by atoms with Crippen molar-refractivity contribution < 1.29 is 4.79 Å². The molecule has 0 spiro atoms. The normalized spacial score (nSPS) is 14.5. The average molecular weight is 366 g/mol. The van der Waals surface area contributed by atoms with Crippen LogP contribution in [0.15, 0.2) is 30.5 Å². The lowest BCUT2D eigenvalue weighted by atomic mass is 9.92. The summed E-state index contributed by atoms with van der Waals surface area (Å²) in [4.78, 5) is 19.3. The number of hydrogen-bond acceptors (Lipinski definition) is 3. The molecule has 1 aliphatic heterocycles. The first-order valence-electron chi connectivity index (χ1n) is 9.82. The molecule has 0 aliphatic carbocycles. The quantitative estimate of drug-likeness (QED) is 0.830. The van der Waals surface area contributed by atoms with E-state index in [1.807, 2.05) is 12.3 Å². The van der Waals surface area contributed by atoms with Crippen LogP contribution in [0.4, 0.5) is 11.4 Å². The summed E-state index contributed by atoms with van der Waals surface area (Å²) in [5.74, 6) is 0.0798. The number of carbonyl (C=O) groups excluding carboxylic acids is 1. The number of anilines is 2. The molecule has 144 valence electrons. The molecular formula is C23H31N3O. The molecule has 1 amide bonds. The van der Waals surface area contributed by atoms with Crippen LogP contribution in [-0.4, -0.2) is 17.4 Å². The van der Waals surface area contributed by atoms with Crippen LogP contribution in [-0.2, 0) is 17.8 Å². The van der Waals surface area contributed by atoms with Gasteiger partial charge in [-0.2, -0.15) is 0 Å². The number of fused-ring (bicyclic) bond motifs is 1. The second-order valence-corrected chi connectivity index (χ2v) is 8.87. The molecular weight excluding hydrogens is 334 g/mol. The van der Waals surface area contributed by atoms with E-state index < -0.39 is 0 Å². The van der Waals surface area contributed by atoms with E-state index in [1.54, 1.807) is 0 Å².